The lowest BCUT2D eigenvalue weighted by Gasteiger charge is -2.01. The summed E-state index contributed by atoms with van der Waals surface area (Å²) >= 11 is 0. The molecule has 6 heteroatoms. The minimum absolute atomic E-state index is 0.786. The first-order chi connectivity index (χ1) is 14.8. The number of aliphatic imine (C=N–C) groups is 2. The first-order valence-corrected chi connectivity index (χ1v) is 10.1. The fraction of sp³-hybridized carbons (Fsp3) is 0.167. The molecule has 2 N–H and O–H groups in total. The minimum atomic E-state index is 0.786. The van der Waals surface area contributed by atoms with Crippen molar-refractivity contribution < 1.29 is 8.83 Å². The fourth-order valence-electron chi connectivity index (χ4n) is 3.93. The van der Waals surface area contributed by atoms with Crippen LogP contribution in [0.2, 0.25) is 0 Å². The molecule has 2 aromatic heterocycles. The Balaban J connectivity index is 1.27. The summed E-state index contributed by atoms with van der Waals surface area (Å²) in [6.07, 6.45) is 3.87. The SMILES string of the molecule is C(=C\c1cc2cc(C3=NCCN3)ccc2o1)/c1cc2cc(C3=NCCN3)ccc2o1. The lowest BCUT2D eigenvalue weighted by molar-refractivity contribution is 0.599. The van der Waals surface area contributed by atoms with E-state index in [0.29, 0.717) is 0 Å². The summed E-state index contributed by atoms with van der Waals surface area (Å²) in [5, 5.41) is 8.73. The van der Waals surface area contributed by atoms with Crippen molar-refractivity contribution in [2.75, 3.05) is 26.2 Å². The molecule has 0 spiro atoms. The monoisotopic (exact) mass is 396 g/mol. The Morgan fingerprint density at radius 1 is 0.667 bits per heavy atom. The number of fused-ring (bicyclic) bond motifs is 2. The lowest BCUT2D eigenvalue weighted by Crippen LogP contribution is -2.19. The van der Waals surface area contributed by atoms with Crippen LogP contribution < -0.4 is 10.6 Å². The summed E-state index contributed by atoms with van der Waals surface area (Å²) < 4.78 is 11.9. The van der Waals surface area contributed by atoms with Crippen molar-refractivity contribution in [1.29, 1.82) is 0 Å². The third-order valence-corrected chi connectivity index (χ3v) is 5.38. The minimum Gasteiger partial charge on any atom is -0.457 e. The number of furan rings is 2. The highest BCUT2D eigenvalue weighted by Gasteiger charge is 2.11. The molecule has 2 aliphatic heterocycles. The summed E-state index contributed by atoms with van der Waals surface area (Å²) in [4.78, 5) is 8.97. The van der Waals surface area contributed by atoms with E-state index < -0.39 is 0 Å². The van der Waals surface area contributed by atoms with E-state index in [9.17, 15) is 0 Å². The summed E-state index contributed by atoms with van der Waals surface area (Å²) in [5.41, 5.74) is 3.89. The van der Waals surface area contributed by atoms with E-state index in [1.807, 2.05) is 48.6 Å². The van der Waals surface area contributed by atoms with Crippen molar-refractivity contribution in [3.63, 3.8) is 0 Å². The first kappa shape index (κ1) is 17.1. The first-order valence-electron chi connectivity index (χ1n) is 10.1. The third-order valence-electron chi connectivity index (χ3n) is 5.38. The highest BCUT2D eigenvalue weighted by molar-refractivity contribution is 6.03. The van der Waals surface area contributed by atoms with Gasteiger partial charge in [0.15, 0.2) is 0 Å². The summed E-state index contributed by atoms with van der Waals surface area (Å²) in [6, 6.07) is 16.4. The standard InChI is InChI=1S/C24H20N4O2/c1-5-21-17(11-15(1)23-25-7-8-26-23)13-19(29-21)3-4-20-14-18-12-16(2-6-22(18)30-20)24-27-9-10-28-24/h1-6,11-14H,7-10H2,(H,25,26)(H,27,28)/b4-3+. The van der Waals surface area contributed by atoms with Gasteiger partial charge in [-0.25, -0.2) is 0 Å². The molecule has 2 aromatic carbocycles. The van der Waals surface area contributed by atoms with Gasteiger partial charge in [0, 0.05) is 35.0 Å². The Bertz CT molecular complexity index is 1250. The van der Waals surface area contributed by atoms with E-state index in [-0.39, 0.29) is 0 Å². The Hall–Kier alpha value is -3.80. The predicted octanol–water partition coefficient (Wildman–Crippen LogP) is 4.05. The van der Waals surface area contributed by atoms with E-state index >= 15 is 0 Å². The highest BCUT2D eigenvalue weighted by atomic mass is 16.3. The van der Waals surface area contributed by atoms with E-state index in [2.05, 4.69) is 32.8 Å². The zero-order chi connectivity index (χ0) is 19.9. The largest absolute Gasteiger partial charge is 0.457 e. The van der Waals surface area contributed by atoms with E-state index in [4.69, 9.17) is 8.83 Å². The number of amidine groups is 2. The van der Waals surface area contributed by atoms with Crippen molar-refractivity contribution in [2.45, 2.75) is 0 Å². The molecule has 0 unspecified atom stereocenters. The van der Waals surface area contributed by atoms with Gasteiger partial charge >= 0.3 is 0 Å². The molecule has 0 amide bonds. The van der Waals surface area contributed by atoms with E-state index in [1.165, 1.54) is 0 Å². The van der Waals surface area contributed by atoms with Gasteiger partial charge in [-0.05, 0) is 60.7 Å². The number of rotatable bonds is 4. The van der Waals surface area contributed by atoms with Gasteiger partial charge in [0.05, 0.1) is 13.1 Å². The van der Waals surface area contributed by atoms with Crippen molar-refractivity contribution in [3.05, 3.63) is 71.2 Å². The Labute approximate surface area is 173 Å². The molecule has 0 atom stereocenters. The van der Waals surface area contributed by atoms with Crippen LogP contribution in [0.3, 0.4) is 0 Å². The average molecular weight is 396 g/mol. The Morgan fingerprint density at radius 2 is 1.17 bits per heavy atom. The maximum atomic E-state index is 5.96. The second-order valence-corrected chi connectivity index (χ2v) is 7.45. The second-order valence-electron chi connectivity index (χ2n) is 7.45. The molecule has 0 radical (unpaired) electrons. The number of benzene rings is 2. The molecule has 4 heterocycles. The molecule has 0 bridgehead atoms. The molecular formula is C24H20N4O2. The Morgan fingerprint density at radius 3 is 1.60 bits per heavy atom. The van der Waals surface area contributed by atoms with E-state index in [0.717, 1.165) is 82.4 Å². The predicted molar refractivity (Wildman–Crippen MR) is 120 cm³/mol. The number of hydrogen-bond donors (Lipinski definition) is 2. The molecule has 0 saturated carbocycles. The smallest absolute Gasteiger partial charge is 0.134 e. The van der Waals surface area contributed by atoms with Gasteiger partial charge in [-0.3, -0.25) is 9.98 Å². The van der Waals surface area contributed by atoms with Crippen LogP contribution in [-0.2, 0) is 0 Å². The van der Waals surface area contributed by atoms with Crippen molar-refractivity contribution >= 4 is 45.8 Å². The van der Waals surface area contributed by atoms with Crippen LogP contribution in [-0.4, -0.2) is 37.9 Å². The van der Waals surface area contributed by atoms with Gasteiger partial charge in [0.2, 0.25) is 0 Å². The molecule has 0 aliphatic carbocycles. The highest BCUT2D eigenvalue weighted by Crippen LogP contribution is 2.25. The number of hydrogen-bond acceptors (Lipinski definition) is 6. The lowest BCUT2D eigenvalue weighted by atomic mass is 10.1. The second kappa shape index (κ2) is 6.91. The molecule has 148 valence electrons. The molecule has 6 rings (SSSR count). The van der Waals surface area contributed by atoms with Gasteiger partial charge in [-0.1, -0.05) is 0 Å². The molecule has 6 nitrogen and oxygen atoms in total. The maximum absolute atomic E-state index is 5.96. The van der Waals surface area contributed by atoms with Crippen LogP contribution in [0, 0.1) is 0 Å². The van der Waals surface area contributed by atoms with Gasteiger partial charge in [-0.2, -0.15) is 0 Å². The van der Waals surface area contributed by atoms with Crippen LogP contribution in [0.4, 0.5) is 0 Å². The zero-order valence-corrected chi connectivity index (χ0v) is 16.3. The summed E-state index contributed by atoms with van der Waals surface area (Å²) in [7, 11) is 0. The topological polar surface area (TPSA) is 75.1 Å². The fourth-order valence-corrected chi connectivity index (χ4v) is 3.93. The number of nitrogens with zero attached hydrogens (tertiary/aromatic N) is 2. The normalized spacial score (nSPS) is 16.3. The van der Waals surface area contributed by atoms with Crippen molar-refractivity contribution in [1.82, 2.24) is 10.6 Å². The van der Waals surface area contributed by atoms with Crippen molar-refractivity contribution in [3.8, 4) is 0 Å². The molecule has 0 saturated heterocycles. The van der Waals surface area contributed by atoms with Gasteiger partial charge in [0.1, 0.15) is 34.4 Å². The van der Waals surface area contributed by atoms with Crippen LogP contribution in [0.25, 0.3) is 34.1 Å². The summed E-state index contributed by atoms with van der Waals surface area (Å²) in [5.74, 6) is 3.48. The molecule has 2 aliphatic rings. The quantitative estimate of drug-likeness (QED) is 0.546. The number of nitrogens with one attached hydrogen (secondary N) is 2. The van der Waals surface area contributed by atoms with Crippen LogP contribution in [0.15, 0.2) is 67.4 Å². The van der Waals surface area contributed by atoms with Gasteiger partial charge in [0.25, 0.3) is 0 Å². The molecule has 4 aromatic rings. The molecule has 0 fully saturated rings. The van der Waals surface area contributed by atoms with Crippen LogP contribution in [0.1, 0.15) is 22.6 Å². The van der Waals surface area contributed by atoms with Crippen molar-refractivity contribution in [2.24, 2.45) is 9.98 Å². The zero-order valence-electron chi connectivity index (χ0n) is 16.3. The molecular weight excluding hydrogens is 376 g/mol. The van der Waals surface area contributed by atoms with Crippen LogP contribution in [0.5, 0.6) is 0 Å². The Kier molecular flexibility index (Phi) is 3.94. The van der Waals surface area contributed by atoms with Gasteiger partial charge < -0.3 is 19.5 Å². The maximum Gasteiger partial charge on any atom is 0.134 e. The summed E-state index contributed by atoms with van der Waals surface area (Å²) in [6.45, 7) is 3.46. The third kappa shape index (κ3) is 3.06. The van der Waals surface area contributed by atoms with Gasteiger partial charge in [-0.15, -0.1) is 0 Å². The van der Waals surface area contributed by atoms with E-state index in [1.54, 1.807) is 0 Å². The molecule has 30 heavy (non-hydrogen) atoms. The average Bonchev–Trinajstić information content (AvgIpc) is 3.56. The van der Waals surface area contributed by atoms with Crippen LogP contribution >= 0.6 is 0 Å².